The highest BCUT2D eigenvalue weighted by atomic mass is 16.5. The van der Waals surface area contributed by atoms with E-state index in [-0.39, 0.29) is 5.97 Å². The molecule has 1 rings (SSSR count). The third-order valence-electron chi connectivity index (χ3n) is 1.95. The smallest absolute Gasteiger partial charge is 0.320 e. The van der Waals surface area contributed by atoms with E-state index in [1.165, 1.54) is 0 Å². The second-order valence-corrected chi connectivity index (χ2v) is 3.00. The fraction of sp³-hybridized carbons (Fsp3) is 0.875. The van der Waals surface area contributed by atoms with Crippen LogP contribution in [0.15, 0.2) is 0 Å². The number of rotatable bonds is 2. The van der Waals surface area contributed by atoms with E-state index in [0.717, 1.165) is 13.0 Å². The van der Waals surface area contributed by atoms with Gasteiger partial charge >= 0.3 is 5.97 Å². The standard InChI is InChI=1S/C8H15NO2/c1-3-4-9-5-8(10)11-6-7(9)2/h7H,3-6H2,1-2H3. The Morgan fingerprint density at radius 3 is 3.09 bits per heavy atom. The molecule has 64 valence electrons. The topological polar surface area (TPSA) is 29.5 Å². The number of morpholine rings is 1. The molecule has 3 nitrogen and oxygen atoms in total. The van der Waals surface area contributed by atoms with Crippen LogP contribution in [0.5, 0.6) is 0 Å². The van der Waals surface area contributed by atoms with Crippen LogP contribution in [0.4, 0.5) is 0 Å². The molecule has 0 aromatic heterocycles. The van der Waals surface area contributed by atoms with Gasteiger partial charge in [-0.3, -0.25) is 9.69 Å². The van der Waals surface area contributed by atoms with Gasteiger partial charge in [-0.25, -0.2) is 0 Å². The number of hydrogen-bond donors (Lipinski definition) is 0. The summed E-state index contributed by atoms with van der Waals surface area (Å²) in [6.07, 6.45) is 1.09. The van der Waals surface area contributed by atoms with Crippen molar-refractivity contribution < 1.29 is 9.53 Å². The molecule has 1 aliphatic rings. The second kappa shape index (κ2) is 3.72. The molecule has 1 atom stereocenters. The first-order chi connectivity index (χ1) is 5.24. The van der Waals surface area contributed by atoms with Crippen molar-refractivity contribution in [3.8, 4) is 0 Å². The number of carbonyl (C=O) groups is 1. The fourth-order valence-corrected chi connectivity index (χ4v) is 1.27. The number of carbonyl (C=O) groups excluding carboxylic acids is 1. The lowest BCUT2D eigenvalue weighted by Crippen LogP contribution is -2.46. The second-order valence-electron chi connectivity index (χ2n) is 3.00. The Hall–Kier alpha value is -0.570. The van der Waals surface area contributed by atoms with Gasteiger partial charge in [0.2, 0.25) is 0 Å². The zero-order valence-electron chi connectivity index (χ0n) is 7.17. The molecule has 0 aliphatic carbocycles. The molecule has 0 saturated carbocycles. The number of cyclic esters (lactones) is 1. The Kier molecular flexibility index (Phi) is 2.88. The lowest BCUT2D eigenvalue weighted by atomic mass is 10.2. The van der Waals surface area contributed by atoms with E-state index in [1.807, 2.05) is 0 Å². The zero-order valence-corrected chi connectivity index (χ0v) is 7.17. The monoisotopic (exact) mass is 157 g/mol. The van der Waals surface area contributed by atoms with Gasteiger partial charge in [-0.15, -0.1) is 0 Å². The van der Waals surface area contributed by atoms with Gasteiger partial charge in [-0.1, -0.05) is 6.92 Å². The minimum atomic E-state index is -0.0865. The maximum absolute atomic E-state index is 10.8. The van der Waals surface area contributed by atoms with Crippen LogP contribution in [0, 0.1) is 0 Å². The summed E-state index contributed by atoms with van der Waals surface area (Å²) in [5.41, 5.74) is 0. The van der Waals surface area contributed by atoms with E-state index in [1.54, 1.807) is 0 Å². The Balaban J connectivity index is 2.40. The minimum Gasteiger partial charge on any atom is -0.463 e. The molecule has 0 N–H and O–H groups in total. The summed E-state index contributed by atoms with van der Waals surface area (Å²) < 4.78 is 4.89. The first kappa shape index (κ1) is 8.53. The van der Waals surface area contributed by atoms with Gasteiger partial charge in [-0.05, 0) is 19.9 Å². The number of esters is 1. The van der Waals surface area contributed by atoms with E-state index in [2.05, 4.69) is 18.7 Å². The molecular weight excluding hydrogens is 142 g/mol. The predicted molar refractivity (Wildman–Crippen MR) is 42.3 cm³/mol. The first-order valence-electron chi connectivity index (χ1n) is 4.13. The Bertz CT molecular complexity index is 147. The van der Waals surface area contributed by atoms with Gasteiger partial charge in [0.05, 0.1) is 6.54 Å². The van der Waals surface area contributed by atoms with Crippen LogP contribution in [-0.4, -0.2) is 36.6 Å². The molecule has 3 heteroatoms. The Morgan fingerprint density at radius 2 is 2.45 bits per heavy atom. The zero-order chi connectivity index (χ0) is 8.27. The Morgan fingerprint density at radius 1 is 1.73 bits per heavy atom. The average molecular weight is 157 g/mol. The van der Waals surface area contributed by atoms with Gasteiger partial charge in [-0.2, -0.15) is 0 Å². The average Bonchev–Trinajstić information content (AvgIpc) is 1.98. The summed E-state index contributed by atoms with van der Waals surface area (Å²) in [4.78, 5) is 13.0. The SMILES string of the molecule is CCCN1CC(=O)OCC1C. The van der Waals surface area contributed by atoms with Crippen molar-refractivity contribution in [2.45, 2.75) is 26.3 Å². The largest absolute Gasteiger partial charge is 0.463 e. The third-order valence-corrected chi connectivity index (χ3v) is 1.95. The lowest BCUT2D eigenvalue weighted by molar-refractivity contribution is -0.153. The van der Waals surface area contributed by atoms with Crippen molar-refractivity contribution in [2.75, 3.05) is 19.7 Å². The highest BCUT2D eigenvalue weighted by Crippen LogP contribution is 2.06. The molecule has 1 saturated heterocycles. The van der Waals surface area contributed by atoms with Crippen molar-refractivity contribution in [1.29, 1.82) is 0 Å². The molecule has 1 fully saturated rings. The molecule has 0 aromatic carbocycles. The summed E-state index contributed by atoms with van der Waals surface area (Å²) in [5.74, 6) is -0.0865. The van der Waals surface area contributed by atoms with Gasteiger partial charge < -0.3 is 4.74 Å². The molecule has 0 bridgehead atoms. The van der Waals surface area contributed by atoms with E-state index in [0.29, 0.717) is 19.2 Å². The molecule has 0 aromatic rings. The molecule has 11 heavy (non-hydrogen) atoms. The maximum Gasteiger partial charge on any atom is 0.320 e. The molecule has 1 aliphatic heterocycles. The van der Waals surface area contributed by atoms with Crippen LogP contribution in [0.1, 0.15) is 20.3 Å². The minimum absolute atomic E-state index is 0.0865. The fourth-order valence-electron chi connectivity index (χ4n) is 1.27. The summed E-state index contributed by atoms with van der Waals surface area (Å²) in [5, 5.41) is 0. The number of hydrogen-bond acceptors (Lipinski definition) is 3. The van der Waals surface area contributed by atoms with Crippen molar-refractivity contribution in [2.24, 2.45) is 0 Å². The van der Waals surface area contributed by atoms with Crippen LogP contribution < -0.4 is 0 Å². The normalized spacial score (nSPS) is 26.7. The van der Waals surface area contributed by atoms with Gasteiger partial charge in [0.1, 0.15) is 6.61 Å². The van der Waals surface area contributed by atoms with E-state index in [9.17, 15) is 4.79 Å². The van der Waals surface area contributed by atoms with Crippen molar-refractivity contribution in [1.82, 2.24) is 4.90 Å². The summed E-state index contributed by atoms with van der Waals surface area (Å²) >= 11 is 0. The highest BCUT2D eigenvalue weighted by molar-refractivity contribution is 5.72. The predicted octanol–water partition coefficient (Wildman–Crippen LogP) is 0.644. The quantitative estimate of drug-likeness (QED) is 0.551. The van der Waals surface area contributed by atoms with Gasteiger partial charge in [0, 0.05) is 6.04 Å². The lowest BCUT2D eigenvalue weighted by Gasteiger charge is -2.31. The number of ether oxygens (including phenoxy) is 1. The molecule has 0 radical (unpaired) electrons. The van der Waals surface area contributed by atoms with Gasteiger partial charge in [0.25, 0.3) is 0 Å². The van der Waals surface area contributed by atoms with Crippen LogP contribution in [-0.2, 0) is 9.53 Å². The van der Waals surface area contributed by atoms with Crippen molar-refractivity contribution >= 4 is 5.97 Å². The van der Waals surface area contributed by atoms with E-state index < -0.39 is 0 Å². The van der Waals surface area contributed by atoms with Crippen molar-refractivity contribution in [3.05, 3.63) is 0 Å². The number of nitrogens with zero attached hydrogens (tertiary/aromatic N) is 1. The third kappa shape index (κ3) is 2.19. The van der Waals surface area contributed by atoms with E-state index in [4.69, 9.17) is 4.74 Å². The molecule has 0 spiro atoms. The molecular formula is C8H15NO2. The van der Waals surface area contributed by atoms with Crippen LogP contribution >= 0.6 is 0 Å². The maximum atomic E-state index is 10.8. The first-order valence-corrected chi connectivity index (χ1v) is 4.13. The molecule has 1 heterocycles. The van der Waals surface area contributed by atoms with Crippen LogP contribution in [0.25, 0.3) is 0 Å². The van der Waals surface area contributed by atoms with Crippen LogP contribution in [0.2, 0.25) is 0 Å². The van der Waals surface area contributed by atoms with E-state index >= 15 is 0 Å². The van der Waals surface area contributed by atoms with Crippen molar-refractivity contribution in [3.63, 3.8) is 0 Å². The van der Waals surface area contributed by atoms with Gasteiger partial charge in [0.15, 0.2) is 0 Å². The summed E-state index contributed by atoms with van der Waals surface area (Å²) in [6.45, 7) is 6.22. The molecule has 1 unspecified atom stereocenters. The van der Waals surface area contributed by atoms with Crippen LogP contribution in [0.3, 0.4) is 0 Å². The highest BCUT2D eigenvalue weighted by Gasteiger charge is 2.23. The summed E-state index contributed by atoms with van der Waals surface area (Å²) in [6, 6.07) is 0.396. The summed E-state index contributed by atoms with van der Waals surface area (Å²) in [7, 11) is 0. The Labute approximate surface area is 67.3 Å². The molecule has 0 amide bonds.